The number of hydrogen-bond acceptors (Lipinski definition) is 10. The second-order valence-electron chi connectivity index (χ2n) is 5.65. The molecule has 0 spiro atoms. The molecule has 152 valence electrons. The smallest absolute Gasteiger partial charge is 0.287 e. The third kappa shape index (κ3) is 5.01. The van der Waals surface area contributed by atoms with Crippen LogP contribution in [0.15, 0.2) is 60.0 Å². The molecule has 0 bridgehead atoms. The molecule has 0 amide bonds. The Morgan fingerprint density at radius 3 is 2.23 bits per heavy atom. The van der Waals surface area contributed by atoms with Crippen molar-refractivity contribution < 1.29 is 19.3 Å². The van der Waals surface area contributed by atoms with Gasteiger partial charge in [0.05, 0.1) is 23.2 Å². The summed E-state index contributed by atoms with van der Waals surface area (Å²) >= 11 is 0. The molecule has 0 saturated heterocycles. The predicted molar refractivity (Wildman–Crippen MR) is 106 cm³/mol. The van der Waals surface area contributed by atoms with Gasteiger partial charge in [0.1, 0.15) is 18.2 Å². The number of benzene rings is 1. The number of pyridine rings is 2. The number of hydrazone groups is 1. The van der Waals surface area contributed by atoms with Gasteiger partial charge in [-0.15, -0.1) is 0 Å². The van der Waals surface area contributed by atoms with E-state index in [2.05, 4.69) is 20.5 Å². The number of aromatic nitrogens is 2. The third-order valence-electron chi connectivity index (χ3n) is 3.69. The monoisotopic (exact) mass is 410 g/mol. The highest BCUT2D eigenvalue weighted by Crippen LogP contribution is 2.31. The van der Waals surface area contributed by atoms with Crippen molar-refractivity contribution in [2.45, 2.75) is 0 Å². The van der Waals surface area contributed by atoms with Crippen molar-refractivity contribution in [2.75, 3.05) is 12.5 Å². The number of rotatable bonds is 8. The number of ether oxygens (including phenoxy) is 2. The molecular weight excluding hydrogens is 396 g/mol. The van der Waals surface area contributed by atoms with Gasteiger partial charge in [0.25, 0.3) is 11.4 Å². The van der Waals surface area contributed by atoms with Gasteiger partial charge in [-0.05, 0) is 29.8 Å². The first-order chi connectivity index (χ1) is 14.5. The zero-order valence-corrected chi connectivity index (χ0v) is 15.5. The Balaban J connectivity index is 1.67. The van der Waals surface area contributed by atoms with Crippen molar-refractivity contribution in [2.24, 2.45) is 5.10 Å². The Hall–Kier alpha value is -4.61. The van der Waals surface area contributed by atoms with Crippen molar-refractivity contribution in [1.82, 2.24) is 9.97 Å². The van der Waals surface area contributed by atoms with Crippen LogP contribution in [0, 0.1) is 20.2 Å². The minimum Gasteiger partial charge on any atom is -0.493 e. The molecule has 2 aromatic heterocycles. The van der Waals surface area contributed by atoms with Crippen LogP contribution in [0.5, 0.6) is 17.4 Å². The van der Waals surface area contributed by atoms with Gasteiger partial charge < -0.3 is 9.47 Å². The van der Waals surface area contributed by atoms with Gasteiger partial charge in [-0.1, -0.05) is 0 Å². The summed E-state index contributed by atoms with van der Waals surface area (Å²) < 4.78 is 10.9. The van der Waals surface area contributed by atoms with Crippen LogP contribution in [0.3, 0.4) is 0 Å². The van der Waals surface area contributed by atoms with E-state index in [4.69, 9.17) is 9.47 Å². The topological polar surface area (TPSA) is 155 Å². The summed E-state index contributed by atoms with van der Waals surface area (Å²) in [5.74, 6) is 1.27. The Labute approximate surface area is 169 Å². The molecule has 12 heteroatoms. The molecule has 12 nitrogen and oxygen atoms in total. The second-order valence-corrected chi connectivity index (χ2v) is 5.65. The Bertz CT molecular complexity index is 1090. The summed E-state index contributed by atoms with van der Waals surface area (Å²) in [7, 11) is 1.46. The van der Waals surface area contributed by atoms with E-state index in [1.807, 2.05) is 0 Å². The predicted octanol–water partition coefficient (Wildman–Crippen LogP) is 3.54. The van der Waals surface area contributed by atoms with Crippen LogP contribution < -0.4 is 14.9 Å². The normalized spacial score (nSPS) is 10.6. The van der Waals surface area contributed by atoms with Crippen LogP contribution in [-0.4, -0.2) is 33.1 Å². The fraction of sp³-hybridized carbons (Fsp3) is 0.0556. The molecular formula is C18H14N6O6. The summed E-state index contributed by atoms with van der Waals surface area (Å²) in [6, 6.07) is 10.4. The van der Waals surface area contributed by atoms with Gasteiger partial charge in [0.15, 0.2) is 11.5 Å². The Morgan fingerprint density at radius 1 is 0.967 bits per heavy atom. The molecule has 1 N–H and O–H groups in total. The quantitative estimate of drug-likeness (QED) is 0.333. The number of hydrogen-bond donors (Lipinski definition) is 1. The number of nitrogens with zero attached hydrogens (tertiary/aromatic N) is 5. The van der Waals surface area contributed by atoms with Gasteiger partial charge in [-0.25, -0.2) is 9.97 Å². The maximum atomic E-state index is 10.7. The largest absolute Gasteiger partial charge is 0.493 e. The van der Waals surface area contributed by atoms with Gasteiger partial charge >= 0.3 is 0 Å². The molecule has 3 aromatic rings. The van der Waals surface area contributed by atoms with Crippen molar-refractivity contribution >= 4 is 23.4 Å². The van der Waals surface area contributed by atoms with Gasteiger partial charge in [-0.2, -0.15) is 5.10 Å². The van der Waals surface area contributed by atoms with Gasteiger partial charge in [-0.3, -0.25) is 25.7 Å². The first-order valence-corrected chi connectivity index (χ1v) is 8.32. The Kier molecular flexibility index (Phi) is 6.08. The summed E-state index contributed by atoms with van der Waals surface area (Å²) in [4.78, 5) is 28.0. The van der Waals surface area contributed by atoms with Crippen LogP contribution in [0.4, 0.5) is 17.2 Å². The number of anilines is 1. The fourth-order valence-corrected chi connectivity index (χ4v) is 2.24. The summed E-state index contributed by atoms with van der Waals surface area (Å²) in [6.07, 6.45) is 3.72. The maximum absolute atomic E-state index is 10.7. The maximum Gasteiger partial charge on any atom is 0.287 e. The Morgan fingerprint density at radius 2 is 1.67 bits per heavy atom. The molecule has 0 fully saturated rings. The third-order valence-corrected chi connectivity index (χ3v) is 3.69. The second kappa shape index (κ2) is 9.05. The van der Waals surface area contributed by atoms with E-state index in [9.17, 15) is 20.2 Å². The van der Waals surface area contributed by atoms with E-state index in [0.29, 0.717) is 22.9 Å². The molecule has 0 aliphatic carbocycles. The molecule has 0 aliphatic rings. The molecule has 0 atom stereocenters. The SMILES string of the molecule is COc1cc(/C=N\Nc2ccc([N+](=O)[O-])cn2)ccc1Oc1ccc([N+](=O)[O-])cn1. The highest BCUT2D eigenvalue weighted by Gasteiger charge is 2.10. The minimum atomic E-state index is -0.550. The zero-order valence-electron chi connectivity index (χ0n) is 15.5. The molecule has 0 aliphatic heterocycles. The molecule has 1 aromatic carbocycles. The lowest BCUT2D eigenvalue weighted by Crippen LogP contribution is -1.96. The molecule has 0 unspecified atom stereocenters. The summed E-state index contributed by atoms with van der Waals surface area (Å²) in [5.41, 5.74) is 3.07. The molecule has 2 heterocycles. The van der Waals surface area contributed by atoms with Crippen LogP contribution >= 0.6 is 0 Å². The van der Waals surface area contributed by atoms with Crippen molar-refractivity contribution in [3.05, 3.63) is 80.7 Å². The lowest BCUT2D eigenvalue weighted by atomic mass is 10.2. The van der Waals surface area contributed by atoms with Crippen molar-refractivity contribution in [3.8, 4) is 17.4 Å². The number of nitro groups is 2. The van der Waals surface area contributed by atoms with Crippen molar-refractivity contribution in [1.29, 1.82) is 0 Å². The molecule has 0 radical (unpaired) electrons. The van der Waals surface area contributed by atoms with E-state index in [1.165, 1.54) is 37.6 Å². The first-order valence-electron chi connectivity index (χ1n) is 8.32. The average molecular weight is 410 g/mol. The molecule has 0 saturated carbocycles. The average Bonchev–Trinajstić information content (AvgIpc) is 2.75. The fourth-order valence-electron chi connectivity index (χ4n) is 2.24. The van der Waals surface area contributed by atoms with Gasteiger partial charge in [0, 0.05) is 18.2 Å². The van der Waals surface area contributed by atoms with E-state index in [1.54, 1.807) is 18.2 Å². The van der Waals surface area contributed by atoms with Gasteiger partial charge in [0.2, 0.25) is 5.88 Å². The highest BCUT2D eigenvalue weighted by molar-refractivity contribution is 5.81. The van der Waals surface area contributed by atoms with E-state index >= 15 is 0 Å². The van der Waals surface area contributed by atoms with E-state index < -0.39 is 9.85 Å². The number of nitrogens with one attached hydrogen (secondary N) is 1. The highest BCUT2D eigenvalue weighted by atomic mass is 16.6. The zero-order chi connectivity index (χ0) is 21.5. The van der Waals surface area contributed by atoms with Crippen LogP contribution in [0.25, 0.3) is 0 Å². The standard InChI is InChI=1S/C18H14N6O6/c1-29-16-8-12(9-21-22-17-6-3-13(10-19-17)23(25)26)2-5-15(16)30-18-7-4-14(11-20-18)24(27)28/h2-11H,1H3,(H,19,22)/b21-9-. The summed E-state index contributed by atoms with van der Waals surface area (Å²) in [6.45, 7) is 0. The van der Waals surface area contributed by atoms with Crippen molar-refractivity contribution in [3.63, 3.8) is 0 Å². The van der Waals surface area contributed by atoms with Crippen LogP contribution in [0.1, 0.15) is 5.56 Å². The molecule has 30 heavy (non-hydrogen) atoms. The minimum absolute atomic E-state index is 0.118. The summed E-state index contributed by atoms with van der Waals surface area (Å²) in [5, 5.41) is 25.3. The van der Waals surface area contributed by atoms with Crippen LogP contribution in [-0.2, 0) is 0 Å². The first kappa shape index (κ1) is 20.1. The van der Waals surface area contributed by atoms with E-state index in [0.717, 1.165) is 12.4 Å². The van der Waals surface area contributed by atoms with E-state index in [-0.39, 0.29) is 17.3 Å². The lowest BCUT2D eigenvalue weighted by molar-refractivity contribution is -0.385. The lowest BCUT2D eigenvalue weighted by Gasteiger charge is -2.10. The molecule has 3 rings (SSSR count). The number of methoxy groups -OCH3 is 1. The van der Waals surface area contributed by atoms with Crippen LogP contribution in [0.2, 0.25) is 0 Å².